The van der Waals surface area contributed by atoms with Crippen LogP contribution < -0.4 is 0 Å². The summed E-state index contributed by atoms with van der Waals surface area (Å²) in [7, 11) is 0. The van der Waals surface area contributed by atoms with Crippen molar-refractivity contribution in [3.8, 4) is 0 Å². The topological polar surface area (TPSA) is 61.8 Å². The van der Waals surface area contributed by atoms with Gasteiger partial charge in [-0.2, -0.15) is 4.79 Å². The smallest absolute Gasteiger partial charge is 0.432 e. The molecule has 112 valence electrons. The van der Waals surface area contributed by atoms with E-state index in [4.69, 9.17) is 0 Å². The molecule has 0 atom stereocenters. The van der Waals surface area contributed by atoms with Crippen LogP contribution >= 0.6 is 0 Å². The Morgan fingerprint density at radius 3 is 2.11 bits per heavy atom. The summed E-state index contributed by atoms with van der Waals surface area (Å²) in [4.78, 5) is 30.7. The summed E-state index contributed by atoms with van der Waals surface area (Å²) < 4.78 is 4.66. The van der Waals surface area contributed by atoms with Crippen LogP contribution in [0.25, 0.3) is 0 Å². The van der Waals surface area contributed by atoms with Gasteiger partial charge < -0.3 is 4.74 Å². The summed E-state index contributed by atoms with van der Waals surface area (Å²) >= 11 is 0. The van der Waals surface area contributed by atoms with Crippen molar-refractivity contribution in [2.45, 2.75) is 71.6 Å². The Balaban J connectivity index is 3.36. The number of rotatable bonds is 10. The van der Waals surface area contributed by atoms with E-state index in [2.05, 4.69) is 21.4 Å². The molecule has 0 spiro atoms. The molecule has 0 aliphatic carbocycles. The Bertz CT molecular complexity index is 240. The zero-order valence-electron chi connectivity index (χ0n) is 12.1. The second-order valence-electron chi connectivity index (χ2n) is 4.51. The third-order valence-corrected chi connectivity index (χ3v) is 2.65. The van der Waals surface area contributed by atoms with Crippen LogP contribution in [0.4, 0.5) is 4.79 Å². The van der Waals surface area contributed by atoms with Crippen LogP contribution in [0, 0.1) is 0 Å². The van der Waals surface area contributed by atoms with Crippen LogP contribution in [0.2, 0.25) is 0 Å². The maximum atomic E-state index is 11.2. The number of unbranched alkanes of at least 4 members (excludes halogenated alkanes) is 6. The van der Waals surface area contributed by atoms with Gasteiger partial charge in [0.25, 0.3) is 0 Å². The summed E-state index contributed by atoms with van der Waals surface area (Å²) in [6.07, 6.45) is 7.53. The molecule has 19 heavy (non-hydrogen) atoms. The zero-order chi connectivity index (χ0) is 14.3. The Kier molecular flexibility index (Phi) is 12.3. The molecular formula is C14H26O5. The maximum Gasteiger partial charge on any atom is 0.549 e. The van der Waals surface area contributed by atoms with E-state index in [0.29, 0.717) is 0 Å². The molecular weight excluding hydrogens is 248 g/mol. The van der Waals surface area contributed by atoms with Gasteiger partial charge in [0.05, 0.1) is 13.0 Å². The predicted molar refractivity (Wildman–Crippen MR) is 71.4 cm³/mol. The fraction of sp³-hybridized carbons (Fsp3) is 0.857. The number of hydrogen-bond donors (Lipinski definition) is 0. The average molecular weight is 274 g/mol. The highest BCUT2D eigenvalue weighted by Crippen LogP contribution is 2.07. The second-order valence-corrected chi connectivity index (χ2v) is 4.51. The molecule has 0 heterocycles. The largest absolute Gasteiger partial charge is 0.549 e. The van der Waals surface area contributed by atoms with E-state index in [0.717, 1.165) is 32.1 Å². The number of ether oxygens (including phenoxy) is 1. The van der Waals surface area contributed by atoms with E-state index in [1.165, 1.54) is 19.3 Å². The first-order chi connectivity index (χ1) is 9.20. The van der Waals surface area contributed by atoms with Crippen molar-refractivity contribution < 1.29 is 24.1 Å². The van der Waals surface area contributed by atoms with E-state index in [1.807, 2.05) is 6.92 Å². The van der Waals surface area contributed by atoms with E-state index >= 15 is 0 Å². The molecule has 0 rings (SSSR count). The summed E-state index contributed by atoms with van der Waals surface area (Å²) in [5, 5.41) is 0. The summed E-state index contributed by atoms with van der Waals surface area (Å²) in [6.45, 7) is 4.42. The molecule has 0 saturated carbocycles. The SMILES string of the molecule is CCCCCCCCC(=O)OOC(=O)OCCCC. The van der Waals surface area contributed by atoms with Crippen molar-refractivity contribution in [3.63, 3.8) is 0 Å². The standard InChI is InChI=1S/C14H26O5/c1-3-5-7-8-9-10-11-13(15)18-19-14(16)17-12-6-4-2/h3-12H2,1-2H3. The average Bonchev–Trinajstić information content (AvgIpc) is 2.40. The molecule has 0 amide bonds. The normalized spacial score (nSPS) is 10.0. The third-order valence-electron chi connectivity index (χ3n) is 2.65. The lowest BCUT2D eigenvalue weighted by molar-refractivity contribution is -0.243. The quantitative estimate of drug-likeness (QED) is 0.259. The van der Waals surface area contributed by atoms with Gasteiger partial charge in [0.15, 0.2) is 0 Å². The number of carbonyl (C=O) groups excluding carboxylic acids is 2. The minimum absolute atomic E-state index is 0.272. The van der Waals surface area contributed by atoms with Crippen molar-refractivity contribution >= 4 is 12.1 Å². The summed E-state index contributed by atoms with van der Waals surface area (Å²) in [5.74, 6) is -0.525. The first-order valence-electron chi connectivity index (χ1n) is 7.24. The minimum atomic E-state index is -0.954. The van der Waals surface area contributed by atoms with Gasteiger partial charge in [-0.1, -0.05) is 52.4 Å². The van der Waals surface area contributed by atoms with Gasteiger partial charge in [-0.3, -0.25) is 0 Å². The third kappa shape index (κ3) is 13.0. The molecule has 0 aromatic carbocycles. The number of carbonyl (C=O) groups is 2. The van der Waals surface area contributed by atoms with E-state index in [1.54, 1.807) is 0 Å². The number of hydrogen-bond acceptors (Lipinski definition) is 5. The van der Waals surface area contributed by atoms with Crippen LogP contribution in [-0.4, -0.2) is 18.7 Å². The molecule has 0 saturated heterocycles. The summed E-state index contributed by atoms with van der Waals surface area (Å²) in [5.41, 5.74) is 0. The van der Waals surface area contributed by atoms with Crippen molar-refractivity contribution in [1.29, 1.82) is 0 Å². The van der Waals surface area contributed by atoms with E-state index in [-0.39, 0.29) is 13.0 Å². The van der Waals surface area contributed by atoms with Gasteiger partial charge in [0.2, 0.25) is 0 Å². The first kappa shape index (κ1) is 17.7. The molecule has 5 heteroatoms. The highest BCUT2D eigenvalue weighted by atomic mass is 17.2. The van der Waals surface area contributed by atoms with Gasteiger partial charge in [0.1, 0.15) is 0 Å². The molecule has 0 aliphatic rings. The van der Waals surface area contributed by atoms with E-state index in [9.17, 15) is 9.59 Å². The van der Waals surface area contributed by atoms with Crippen LogP contribution in [0.1, 0.15) is 71.6 Å². The van der Waals surface area contributed by atoms with Crippen LogP contribution in [0.3, 0.4) is 0 Å². The van der Waals surface area contributed by atoms with Gasteiger partial charge >= 0.3 is 12.1 Å². The van der Waals surface area contributed by atoms with Crippen LogP contribution in [-0.2, 0) is 19.3 Å². The lowest BCUT2D eigenvalue weighted by Gasteiger charge is -2.04. The molecule has 0 unspecified atom stereocenters. The molecule has 5 nitrogen and oxygen atoms in total. The Hall–Kier alpha value is -1.26. The Labute approximate surface area is 115 Å². The highest BCUT2D eigenvalue weighted by molar-refractivity contribution is 5.70. The van der Waals surface area contributed by atoms with Crippen LogP contribution in [0.5, 0.6) is 0 Å². The zero-order valence-corrected chi connectivity index (χ0v) is 12.1. The van der Waals surface area contributed by atoms with Crippen molar-refractivity contribution in [2.75, 3.05) is 6.61 Å². The summed E-state index contributed by atoms with van der Waals surface area (Å²) in [6, 6.07) is 0. The van der Waals surface area contributed by atoms with Gasteiger partial charge in [-0.15, -0.1) is 0 Å². The Morgan fingerprint density at radius 2 is 1.42 bits per heavy atom. The van der Waals surface area contributed by atoms with Crippen molar-refractivity contribution in [2.24, 2.45) is 0 Å². The molecule has 0 aliphatic heterocycles. The van der Waals surface area contributed by atoms with Gasteiger partial charge in [0, 0.05) is 0 Å². The predicted octanol–water partition coefficient (Wildman–Crippen LogP) is 4.15. The van der Waals surface area contributed by atoms with Gasteiger partial charge in [-0.05, 0) is 12.8 Å². The lowest BCUT2D eigenvalue weighted by atomic mass is 10.1. The van der Waals surface area contributed by atoms with Crippen molar-refractivity contribution in [1.82, 2.24) is 0 Å². The van der Waals surface area contributed by atoms with Crippen molar-refractivity contribution in [3.05, 3.63) is 0 Å². The Morgan fingerprint density at radius 1 is 0.789 bits per heavy atom. The second kappa shape index (κ2) is 13.2. The molecule has 0 fully saturated rings. The van der Waals surface area contributed by atoms with Crippen LogP contribution in [0.15, 0.2) is 0 Å². The molecule has 0 bridgehead atoms. The minimum Gasteiger partial charge on any atom is -0.432 e. The molecule has 0 aromatic heterocycles. The molecule has 0 radical (unpaired) electrons. The lowest BCUT2D eigenvalue weighted by Crippen LogP contribution is -2.13. The molecule has 0 N–H and O–H groups in total. The maximum absolute atomic E-state index is 11.2. The van der Waals surface area contributed by atoms with E-state index < -0.39 is 12.1 Å². The first-order valence-corrected chi connectivity index (χ1v) is 7.24. The fourth-order valence-electron chi connectivity index (χ4n) is 1.50. The highest BCUT2D eigenvalue weighted by Gasteiger charge is 2.10. The molecule has 0 aromatic rings. The van der Waals surface area contributed by atoms with Gasteiger partial charge in [-0.25, -0.2) is 14.6 Å². The fourth-order valence-corrected chi connectivity index (χ4v) is 1.50. The monoisotopic (exact) mass is 274 g/mol.